The van der Waals surface area contributed by atoms with Crippen molar-refractivity contribution >= 4 is 49.8 Å². The fraction of sp³-hybridized carbons (Fsp3) is 0. The summed E-state index contributed by atoms with van der Waals surface area (Å²) in [6, 6.07) is 51.4. The maximum atomic E-state index is 6.32. The molecule has 2 heterocycles. The van der Waals surface area contributed by atoms with Gasteiger partial charge in [0.25, 0.3) is 0 Å². The zero-order chi connectivity index (χ0) is 27.9. The van der Waals surface area contributed by atoms with E-state index in [4.69, 9.17) is 4.42 Å². The first-order valence-corrected chi connectivity index (χ1v) is 14.1. The summed E-state index contributed by atoms with van der Waals surface area (Å²) in [6.45, 7) is 0. The molecule has 0 atom stereocenters. The van der Waals surface area contributed by atoms with Crippen LogP contribution < -0.4 is 4.90 Å². The van der Waals surface area contributed by atoms with Crippen LogP contribution in [0.4, 0.5) is 17.1 Å². The molecule has 0 saturated carbocycles. The minimum Gasteiger partial charge on any atom is -0.455 e. The molecule has 0 unspecified atom stereocenters. The third-order valence-corrected chi connectivity index (χ3v) is 7.94. The second kappa shape index (κ2) is 10.1. The van der Waals surface area contributed by atoms with Crippen molar-refractivity contribution in [3.63, 3.8) is 0 Å². The summed E-state index contributed by atoms with van der Waals surface area (Å²) in [6.07, 6.45) is 3.65. The van der Waals surface area contributed by atoms with Crippen LogP contribution in [0.3, 0.4) is 0 Å². The van der Waals surface area contributed by atoms with Gasteiger partial charge in [-0.2, -0.15) is 0 Å². The van der Waals surface area contributed by atoms with E-state index in [1.165, 1.54) is 22.3 Å². The van der Waals surface area contributed by atoms with Crippen molar-refractivity contribution in [2.75, 3.05) is 4.90 Å². The average Bonchev–Trinajstić information content (AvgIpc) is 3.45. The van der Waals surface area contributed by atoms with Gasteiger partial charge >= 0.3 is 0 Å². The summed E-state index contributed by atoms with van der Waals surface area (Å²) in [5, 5.41) is 4.32. The topological polar surface area (TPSA) is 29.3 Å². The van der Waals surface area contributed by atoms with Crippen LogP contribution >= 0.6 is 0 Å². The first-order chi connectivity index (χ1) is 20.8. The van der Waals surface area contributed by atoms with Crippen molar-refractivity contribution < 1.29 is 4.42 Å². The van der Waals surface area contributed by atoms with E-state index in [2.05, 4.69) is 149 Å². The SMILES string of the molecule is c1ccc(-c2cccc(N(c3ccc4c(ccc5c6cnccc6oc45)c3)c3ccccc3-c3ccccc3)c2)cc1. The summed E-state index contributed by atoms with van der Waals surface area (Å²) < 4.78 is 6.32. The first-order valence-electron chi connectivity index (χ1n) is 14.1. The molecule has 6 aromatic carbocycles. The van der Waals surface area contributed by atoms with Gasteiger partial charge in [0.1, 0.15) is 11.2 Å². The summed E-state index contributed by atoms with van der Waals surface area (Å²) in [4.78, 5) is 6.68. The summed E-state index contributed by atoms with van der Waals surface area (Å²) in [5.74, 6) is 0. The van der Waals surface area contributed by atoms with E-state index in [-0.39, 0.29) is 0 Å². The smallest absolute Gasteiger partial charge is 0.143 e. The fourth-order valence-electron chi connectivity index (χ4n) is 5.95. The van der Waals surface area contributed by atoms with Crippen LogP contribution in [0.5, 0.6) is 0 Å². The Morgan fingerprint density at radius 1 is 0.500 bits per heavy atom. The van der Waals surface area contributed by atoms with Crippen molar-refractivity contribution in [1.29, 1.82) is 0 Å². The first kappa shape index (κ1) is 24.2. The van der Waals surface area contributed by atoms with Crippen LogP contribution in [0, 0.1) is 0 Å². The van der Waals surface area contributed by atoms with Gasteiger partial charge in [0.15, 0.2) is 0 Å². The van der Waals surface area contributed by atoms with Gasteiger partial charge in [0.05, 0.1) is 5.69 Å². The molecule has 0 N–H and O–H groups in total. The number of pyridine rings is 1. The molecule has 0 bridgehead atoms. The standard InChI is InChI=1S/C39H26N2O/c1-3-10-27(11-4-1)29-14-9-15-31(24-29)41(37-17-8-7-16-33(37)28-12-5-2-6-13-28)32-19-21-34-30(25-32)18-20-35-36-26-40-23-22-38(36)42-39(34)35/h1-26H. The zero-order valence-electron chi connectivity index (χ0n) is 22.8. The van der Waals surface area contributed by atoms with Crippen LogP contribution in [0.1, 0.15) is 0 Å². The number of benzene rings is 6. The Bertz CT molecular complexity index is 2200. The maximum Gasteiger partial charge on any atom is 0.143 e. The average molecular weight is 539 g/mol. The third-order valence-electron chi connectivity index (χ3n) is 7.94. The number of hydrogen-bond acceptors (Lipinski definition) is 3. The van der Waals surface area contributed by atoms with Gasteiger partial charge < -0.3 is 9.32 Å². The molecule has 0 aliphatic heterocycles. The quantitative estimate of drug-likeness (QED) is 0.218. The van der Waals surface area contributed by atoms with Crippen molar-refractivity contribution in [3.05, 3.63) is 158 Å². The van der Waals surface area contributed by atoms with Gasteiger partial charge in [-0.05, 0) is 70.6 Å². The molecule has 0 radical (unpaired) electrons. The number of fused-ring (bicyclic) bond motifs is 5. The molecule has 0 aliphatic carbocycles. The van der Waals surface area contributed by atoms with E-state index in [0.29, 0.717) is 0 Å². The van der Waals surface area contributed by atoms with Gasteiger partial charge in [0, 0.05) is 45.5 Å². The Labute approximate surface area is 243 Å². The molecular formula is C39H26N2O. The molecule has 0 spiro atoms. The molecule has 3 heteroatoms. The summed E-state index contributed by atoms with van der Waals surface area (Å²) >= 11 is 0. The molecule has 0 aliphatic rings. The van der Waals surface area contributed by atoms with Gasteiger partial charge in [-0.3, -0.25) is 4.98 Å². The molecule has 8 aromatic rings. The normalized spacial score (nSPS) is 11.3. The van der Waals surface area contributed by atoms with E-state index < -0.39 is 0 Å². The fourth-order valence-corrected chi connectivity index (χ4v) is 5.95. The highest BCUT2D eigenvalue weighted by atomic mass is 16.3. The van der Waals surface area contributed by atoms with Gasteiger partial charge in [-0.25, -0.2) is 0 Å². The van der Waals surface area contributed by atoms with E-state index >= 15 is 0 Å². The summed E-state index contributed by atoms with van der Waals surface area (Å²) in [5.41, 5.74) is 9.74. The lowest BCUT2D eigenvalue weighted by molar-refractivity contribution is 0.672. The predicted molar refractivity (Wildman–Crippen MR) is 175 cm³/mol. The van der Waals surface area contributed by atoms with Gasteiger partial charge in [-0.15, -0.1) is 0 Å². The number of furan rings is 1. The zero-order valence-corrected chi connectivity index (χ0v) is 22.8. The summed E-state index contributed by atoms with van der Waals surface area (Å²) in [7, 11) is 0. The van der Waals surface area contributed by atoms with Crippen LogP contribution in [-0.2, 0) is 0 Å². The van der Waals surface area contributed by atoms with Gasteiger partial charge in [0.2, 0.25) is 0 Å². The van der Waals surface area contributed by atoms with Crippen LogP contribution in [0.15, 0.2) is 162 Å². The highest BCUT2D eigenvalue weighted by Crippen LogP contribution is 2.43. The number of para-hydroxylation sites is 1. The van der Waals surface area contributed by atoms with E-state index in [9.17, 15) is 0 Å². The Kier molecular flexibility index (Phi) is 5.79. The highest BCUT2D eigenvalue weighted by Gasteiger charge is 2.19. The minimum atomic E-state index is 0.854. The number of rotatable bonds is 5. The lowest BCUT2D eigenvalue weighted by Gasteiger charge is -2.28. The molecule has 3 nitrogen and oxygen atoms in total. The Morgan fingerprint density at radius 2 is 1.21 bits per heavy atom. The number of nitrogens with zero attached hydrogens (tertiary/aromatic N) is 2. The van der Waals surface area contributed by atoms with E-state index in [1.807, 2.05) is 12.3 Å². The number of anilines is 3. The van der Waals surface area contributed by atoms with Crippen LogP contribution in [-0.4, -0.2) is 4.98 Å². The predicted octanol–water partition coefficient (Wildman–Crippen LogP) is 10.9. The Hall–Kier alpha value is -5.67. The monoisotopic (exact) mass is 538 g/mol. The van der Waals surface area contributed by atoms with Crippen molar-refractivity contribution in [2.24, 2.45) is 0 Å². The Balaban J connectivity index is 1.35. The molecule has 0 fully saturated rings. The number of aromatic nitrogens is 1. The van der Waals surface area contributed by atoms with Crippen molar-refractivity contribution in [3.8, 4) is 22.3 Å². The van der Waals surface area contributed by atoms with Crippen molar-refractivity contribution in [2.45, 2.75) is 0 Å². The second-order valence-electron chi connectivity index (χ2n) is 10.5. The molecule has 2 aromatic heterocycles. The largest absolute Gasteiger partial charge is 0.455 e. The minimum absolute atomic E-state index is 0.854. The maximum absolute atomic E-state index is 6.32. The number of hydrogen-bond donors (Lipinski definition) is 0. The second-order valence-corrected chi connectivity index (χ2v) is 10.5. The Morgan fingerprint density at radius 3 is 2.07 bits per heavy atom. The van der Waals surface area contributed by atoms with E-state index in [0.717, 1.165) is 49.8 Å². The molecule has 0 saturated heterocycles. The van der Waals surface area contributed by atoms with Crippen LogP contribution in [0.25, 0.3) is 55.0 Å². The molecule has 8 rings (SSSR count). The third kappa shape index (κ3) is 4.11. The van der Waals surface area contributed by atoms with Crippen molar-refractivity contribution in [1.82, 2.24) is 4.98 Å². The highest BCUT2D eigenvalue weighted by molar-refractivity contribution is 6.15. The molecule has 42 heavy (non-hydrogen) atoms. The van der Waals surface area contributed by atoms with E-state index in [1.54, 1.807) is 6.20 Å². The van der Waals surface area contributed by atoms with Crippen LogP contribution in [0.2, 0.25) is 0 Å². The lowest BCUT2D eigenvalue weighted by Crippen LogP contribution is -2.11. The molecule has 0 amide bonds. The molecular weight excluding hydrogens is 512 g/mol. The molecule has 198 valence electrons. The lowest BCUT2D eigenvalue weighted by atomic mass is 10.00. The van der Waals surface area contributed by atoms with Gasteiger partial charge in [-0.1, -0.05) is 97.1 Å².